The molecule has 1 saturated heterocycles. The topological polar surface area (TPSA) is 15.3 Å². The molecule has 1 heterocycles. The van der Waals surface area contributed by atoms with Crippen molar-refractivity contribution in [1.29, 1.82) is 0 Å². The van der Waals surface area contributed by atoms with E-state index in [1.165, 1.54) is 5.56 Å². The van der Waals surface area contributed by atoms with Crippen molar-refractivity contribution < 1.29 is 0 Å². The molecule has 0 atom stereocenters. The Kier molecular flexibility index (Phi) is 4.09. The van der Waals surface area contributed by atoms with E-state index in [-0.39, 0.29) is 0 Å². The number of hydrogen-bond donors (Lipinski definition) is 1. The molecule has 88 valence electrons. The molecule has 1 fully saturated rings. The number of nitrogens with zero attached hydrogens (tertiary/aromatic N) is 1. The minimum Gasteiger partial charge on any atom is -0.314 e. The fraction of sp³-hybridized carbons (Fsp3) is 0.500. The van der Waals surface area contributed by atoms with Crippen LogP contribution in [0.3, 0.4) is 0 Å². The third kappa shape index (κ3) is 3.11. The maximum atomic E-state index is 6.41. The van der Waals surface area contributed by atoms with Crippen LogP contribution in [0.5, 0.6) is 0 Å². The molecule has 4 heteroatoms. The molecule has 0 unspecified atom stereocenters. The standard InChI is InChI=1S/C12H16Cl2N2/c13-12(14,16-8-6-15-7-9-16)10-11-4-2-1-3-5-11/h1-5,15H,6-10H2. The Balaban J connectivity index is 2.01. The number of alkyl halides is 2. The fourth-order valence-electron chi connectivity index (χ4n) is 1.95. The maximum Gasteiger partial charge on any atom is 0.175 e. The van der Waals surface area contributed by atoms with Crippen LogP contribution >= 0.6 is 23.2 Å². The molecule has 1 aliphatic heterocycles. The van der Waals surface area contributed by atoms with E-state index < -0.39 is 4.46 Å². The van der Waals surface area contributed by atoms with Gasteiger partial charge in [-0.15, -0.1) is 0 Å². The van der Waals surface area contributed by atoms with Crippen molar-refractivity contribution in [3.63, 3.8) is 0 Å². The van der Waals surface area contributed by atoms with E-state index in [1.54, 1.807) is 0 Å². The van der Waals surface area contributed by atoms with Crippen LogP contribution in [-0.4, -0.2) is 35.5 Å². The number of nitrogens with one attached hydrogen (secondary N) is 1. The first kappa shape index (κ1) is 12.2. The van der Waals surface area contributed by atoms with Crippen LogP contribution < -0.4 is 5.32 Å². The number of rotatable bonds is 3. The summed E-state index contributed by atoms with van der Waals surface area (Å²) in [5, 5.41) is 3.29. The highest BCUT2D eigenvalue weighted by Gasteiger charge is 2.32. The monoisotopic (exact) mass is 258 g/mol. The lowest BCUT2D eigenvalue weighted by molar-refractivity contribution is 0.195. The third-order valence-electron chi connectivity index (χ3n) is 2.84. The van der Waals surface area contributed by atoms with Crippen LogP contribution in [0, 0.1) is 0 Å². The molecule has 0 amide bonds. The van der Waals surface area contributed by atoms with Gasteiger partial charge in [0.15, 0.2) is 4.46 Å². The van der Waals surface area contributed by atoms with Gasteiger partial charge in [0.1, 0.15) is 0 Å². The summed E-state index contributed by atoms with van der Waals surface area (Å²) >= 11 is 12.8. The molecule has 2 nitrogen and oxygen atoms in total. The van der Waals surface area contributed by atoms with E-state index in [0.717, 1.165) is 26.2 Å². The van der Waals surface area contributed by atoms with Crippen molar-refractivity contribution in [3.8, 4) is 0 Å². The predicted molar refractivity (Wildman–Crippen MR) is 69.0 cm³/mol. The van der Waals surface area contributed by atoms with Gasteiger partial charge in [0.2, 0.25) is 0 Å². The van der Waals surface area contributed by atoms with Gasteiger partial charge in [-0.2, -0.15) is 0 Å². The van der Waals surface area contributed by atoms with Crippen LogP contribution in [0.1, 0.15) is 5.56 Å². The molecule has 0 saturated carbocycles. The zero-order valence-corrected chi connectivity index (χ0v) is 10.6. The average molecular weight is 259 g/mol. The summed E-state index contributed by atoms with van der Waals surface area (Å²) in [5.41, 5.74) is 1.17. The second-order valence-corrected chi connectivity index (χ2v) is 5.51. The molecular formula is C12H16Cl2N2. The van der Waals surface area contributed by atoms with Crippen molar-refractivity contribution in [3.05, 3.63) is 35.9 Å². The molecule has 0 radical (unpaired) electrons. The molecule has 1 aromatic rings. The SMILES string of the molecule is ClC(Cl)(Cc1ccccc1)N1CCNCC1. The first-order valence-electron chi connectivity index (χ1n) is 5.56. The Labute approximate surface area is 107 Å². The molecular weight excluding hydrogens is 243 g/mol. The van der Waals surface area contributed by atoms with Gasteiger partial charge in [0.05, 0.1) is 0 Å². The van der Waals surface area contributed by atoms with Crippen LogP contribution in [0.25, 0.3) is 0 Å². The van der Waals surface area contributed by atoms with E-state index in [9.17, 15) is 0 Å². The van der Waals surface area contributed by atoms with E-state index in [1.807, 2.05) is 18.2 Å². The van der Waals surface area contributed by atoms with Crippen molar-refractivity contribution in [1.82, 2.24) is 10.2 Å². The molecule has 0 spiro atoms. The van der Waals surface area contributed by atoms with E-state index in [0.29, 0.717) is 6.42 Å². The molecule has 0 aromatic heterocycles. The number of benzene rings is 1. The molecule has 1 aliphatic rings. The Hall–Kier alpha value is -0.280. The second kappa shape index (κ2) is 5.37. The normalized spacial score (nSPS) is 18.6. The summed E-state index contributed by atoms with van der Waals surface area (Å²) in [7, 11) is 0. The van der Waals surface area contributed by atoms with Crippen LogP contribution in [0.4, 0.5) is 0 Å². The summed E-state index contributed by atoms with van der Waals surface area (Å²) < 4.78 is -0.788. The lowest BCUT2D eigenvalue weighted by Crippen LogP contribution is -2.51. The minimum absolute atomic E-state index is 0.664. The van der Waals surface area contributed by atoms with Gasteiger partial charge in [0, 0.05) is 32.6 Å². The van der Waals surface area contributed by atoms with Crippen LogP contribution in [-0.2, 0) is 6.42 Å². The highest BCUT2D eigenvalue weighted by molar-refractivity contribution is 6.48. The summed E-state index contributed by atoms with van der Waals surface area (Å²) in [6.45, 7) is 3.71. The quantitative estimate of drug-likeness (QED) is 0.661. The molecule has 1 N–H and O–H groups in total. The van der Waals surface area contributed by atoms with Gasteiger partial charge in [-0.05, 0) is 5.56 Å². The number of piperazine rings is 1. The summed E-state index contributed by atoms with van der Waals surface area (Å²) in [5.74, 6) is 0. The zero-order valence-electron chi connectivity index (χ0n) is 9.13. The molecule has 2 rings (SSSR count). The number of hydrogen-bond acceptors (Lipinski definition) is 2. The third-order valence-corrected chi connectivity index (χ3v) is 3.58. The Bertz CT molecular complexity index is 321. The number of halogens is 2. The smallest absolute Gasteiger partial charge is 0.175 e. The summed E-state index contributed by atoms with van der Waals surface area (Å²) in [4.78, 5) is 2.12. The first-order valence-corrected chi connectivity index (χ1v) is 6.31. The molecule has 0 aliphatic carbocycles. The molecule has 1 aromatic carbocycles. The Morgan fingerprint density at radius 2 is 1.75 bits per heavy atom. The highest BCUT2D eigenvalue weighted by atomic mass is 35.5. The Morgan fingerprint density at radius 3 is 2.38 bits per heavy atom. The largest absolute Gasteiger partial charge is 0.314 e. The van der Waals surface area contributed by atoms with E-state index in [2.05, 4.69) is 22.3 Å². The molecule has 0 bridgehead atoms. The summed E-state index contributed by atoms with van der Waals surface area (Å²) in [6, 6.07) is 10.1. The van der Waals surface area contributed by atoms with Crippen LogP contribution in [0.15, 0.2) is 30.3 Å². The zero-order chi connectivity index (χ0) is 11.4. The highest BCUT2D eigenvalue weighted by Crippen LogP contribution is 2.30. The van der Waals surface area contributed by atoms with Gasteiger partial charge in [-0.25, -0.2) is 0 Å². The summed E-state index contributed by atoms with van der Waals surface area (Å²) in [6.07, 6.45) is 0.664. The van der Waals surface area contributed by atoms with Crippen molar-refractivity contribution in [2.75, 3.05) is 26.2 Å². The fourth-order valence-corrected chi connectivity index (χ4v) is 2.59. The van der Waals surface area contributed by atoms with E-state index >= 15 is 0 Å². The van der Waals surface area contributed by atoms with Gasteiger partial charge in [0.25, 0.3) is 0 Å². The minimum atomic E-state index is -0.788. The maximum absolute atomic E-state index is 6.41. The molecule has 16 heavy (non-hydrogen) atoms. The lowest BCUT2D eigenvalue weighted by Gasteiger charge is -2.37. The van der Waals surface area contributed by atoms with E-state index in [4.69, 9.17) is 23.2 Å². The Morgan fingerprint density at radius 1 is 1.12 bits per heavy atom. The predicted octanol–water partition coefficient (Wildman–Crippen LogP) is 2.27. The van der Waals surface area contributed by atoms with Crippen LogP contribution in [0.2, 0.25) is 0 Å². The van der Waals surface area contributed by atoms with Gasteiger partial charge in [-0.3, -0.25) is 4.90 Å². The first-order chi connectivity index (χ1) is 7.68. The van der Waals surface area contributed by atoms with Gasteiger partial charge < -0.3 is 5.32 Å². The van der Waals surface area contributed by atoms with Gasteiger partial charge >= 0.3 is 0 Å². The van der Waals surface area contributed by atoms with Gasteiger partial charge in [-0.1, -0.05) is 53.5 Å². The van der Waals surface area contributed by atoms with Crippen molar-refractivity contribution >= 4 is 23.2 Å². The van der Waals surface area contributed by atoms with Crippen molar-refractivity contribution in [2.45, 2.75) is 10.9 Å². The van der Waals surface area contributed by atoms with Crippen molar-refractivity contribution in [2.24, 2.45) is 0 Å². The average Bonchev–Trinajstić information content (AvgIpc) is 2.31. The second-order valence-electron chi connectivity index (χ2n) is 4.07. The lowest BCUT2D eigenvalue weighted by atomic mass is 10.1.